The average molecular weight is 217 g/mol. The molecule has 0 saturated carbocycles. The number of aromatic amines is 1. The molecule has 82 valence electrons. The summed E-state index contributed by atoms with van der Waals surface area (Å²) >= 11 is 0. The molecule has 16 heavy (non-hydrogen) atoms. The second-order valence-corrected chi connectivity index (χ2v) is 3.30. The van der Waals surface area contributed by atoms with Crippen molar-refractivity contribution in [2.75, 3.05) is 7.11 Å². The third kappa shape index (κ3) is 1.67. The molecule has 5 nitrogen and oxygen atoms in total. The quantitative estimate of drug-likeness (QED) is 0.819. The minimum Gasteiger partial charge on any atom is -0.490 e. The highest BCUT2D eigenvalue weighted by atomic mass is 16.5. The van der Waals surface area contributed by atoms with Crippen molar-refractivity contribution in [1.29, 1.82) is 0 Å². The van der Waals surface area contributed by atoms with Crippen LogP contribution in [0.5, 0.6) is 5.75 Å². The summed E-state index contributed by atoms with van der Waals surface area (Å²) in [6.07, 6.45) is 4.74. The summed E-state index contributed by atoms with van der Waals surface area (Å²) < 4.78 is 5.06. The number of nitrogens with zero attached hydrogens (tertiary/aromatic N) is 2. The molecule has 0 aliphatic heterocycles. The maximum Gasteiger partial charge on any atom is 0.293 e. The Hall–Kier alpha value is -2.17. The molecule has 2 aromatic heterocycles. The number of H-pyrrole nitrogens is 1. The molecule has 0 radical (unpaired) electrons. The molecule has 1 N–H and O–H groups in total. The Labute approximate surface area is 92.2 Å². The number of hydrogen-bond donors (Lipinski definition) is 1. The van der Waals surface area contributed by atoms with E-state index in [1.54, 1.807) is 18.5 Å². The molecular formula is C11H11N3O2. The van der Waals surface area contributed by atoms with E-state index in [0.29, 0.717) is 5.69 Å². The first-order valence-electron chi connectivity index (χ1n) is 4.76. The van der Waals surface area contributed by atoms with E-state index in [1.807, 2.05) is 6.92 Å². The number of ether oxygens (including phenoxy) is 1. The summed E-state index contributed by atoms with van der Waals surface area (Å²) in [4.78, 5) is 22.1. The predicted octanol–water partition coefficient (Wildman–Crippen LogP) is 1.15. The van der Waals surface area contributed by atoms with Gasteiger partial charge in [-0.15, -0.1) is 0 Å². The topological polar surface area (TPSA) is 67.9 Å². The summed E-state index contributed by atoms with van der Waals surface area (Å²) in [7, 11) is 1.45. The van der Waals surface area contributed by atoms with Crippen LogP contribution in [0.4, 0.5) is 0 Å². The van der Waals surface area contributed by atoms with Gasteiger partial charge >= 0.3 is 0 Å². The zero-order chi connectivity index (χ0) is 11.5. The Kier molecular flexibility index (Phi) is 2.68. The van der Waals surface area contributed by atoms with Gasteiger partial charge in [-0.05, 0) is 18.6 Å². The molecule has 0 aromatic carbocycles. The summed E-state index contributed by atoms with van der Waals surface area (Å²) in [6, 6.07) is 1.81. The molecule has 0 amide bonds. The summed E-state index contributed by atoms with van der Waals surface area (Å²) in [5.74, 6) is 0.219. The molecule has 5 heteroatoms. The number of pyridine rings is 1. The number of rotatable bonds is 2. The Balaban J connectivity index is 2.70. The van der Waals surface area contributed by atoms with Gasteiger partial charge in [-0.1, -0.05) is 0 Å². The van der Waals surface area contributed by atoms with E-state index >= 15 is 0 Å². The van der Waals surface area contributed by atoms with Crippen molar-refractivity contribution < 1.29 is 4.74 Å². The van der Waals surface area contributed by atoms with Crippen LogP contribution in [0.2, 0.25) is 0 Å². The zero-order valence-corrected chi connectivity index (χ0v) is 9.02. The van der Waals surface area contributed by atoms with E-state index in [1.165, 1.54) is 13.4 Å². The Morgan fingerprint density at radius 1 is 1.44 bits per heavy atom. The highest BCUT2D eigenvalue weighted by molar-refractivity contribution is 5.67. The van der Waals surface area contributed by atoms with E-state index < -0.39 is 0 Å². The van der Waals surface area contributed by atoms with Gasteiger partial charge in [0.2, 0.25) is 5.75 Å². The normalized spacial score (nSPS) is 10.1. The first kappa shape index (κ1) is 10.4. The number of nitrogens with one attached hydrogen (secondary N) is 1. The van der Waals surface area contributed by atoms with Crippen molar-refractivity contribution in [1.82, 2.24) is 15.0 Å². The number of aryl methyl sites for hydroxylation is 1. The van der Waals surface area contributed by atoms with Crippen LogP contribution in [0.25, 0.3) is 11.3 Å². The van der Waals surface area contributed by atoms with E-state index in [2.05, 4.69) is 15.0 Å². The van der Waals surface area contributed by atoms with Crippen molar-refractivity contribution in [3.8, 4) is 17.0 Å². The smallest absolute Gasteiger partial charge is 0.293 e. The first-order valence-corrected chi connectivity index (χ1v) is 4.76. The van der Waals surface area contributed by atoms with Crippen molar-refractivity contribution in [2.24, 2.45) is 0 Å². The molecule has 0 atom stereocenters. The zero-order valence-electron chi connectivity index (χ0n) is 9.02. The molecule has 0 fully saturated rings. The van der Waals surface area contributed by atoms with Gasteiger partial charge in [0.05, 0.1) is 13.4 Å². The summed E-state index contributed by atoms with van der Waals surface area (Å²) in [5, 5.41) is 0. The second-order valence-electron chi connectivity index (χ2n) is 3.30. The molecule has 2 heterocycles. The third-order valence-electron chi connectivity index (χ3n) is 2.29. The van der Waals surface area contributed by atoms with Gasteiger partial charge < -0.3 is 9.72 Å². The molecular weight excluding hydrogens is 206 g/mol. The van der Waals surface area contributed by atoms with Crippen LogP contribution in [0.1, 0.15) is 5.56 Å². The second kappa shape index (κ2) is 4.14. The van der Waals surface area contributed by atoms with Gasteiger partial charge in [0.1, 0.15) is 5.69 Å². The van der Waals surface area contributed by atoms with Crippen LogP contribution in [-0.2, 0) is 0 Å². The monoisotopic (exact) mass is 217 g/mol. The van der Waals surface area contributed by atoms with E-state index in [4.69, 9.17) is 4.74 Å². The Morgan fingerprint density at radius 3 is 2.94 bits per heavy atom. The Bertz CT molecular complexity index is 563. The molecule has 2 rings (SSSR count). The lowest BCUT2D eigenvalue weighted by Crippen LogP contribution is -2.11. The maximum absolute atomic E-state index is 11.5. The summed E-state index contributed by atoms with van der Waals surface area (Å²) in [6.45, 7) is 1.91. The fourth-order valence-electron chi connectivity index (χ4n) is 1.51. The van der Waals surface area contributed by atoms with Crippen molar-refractivity contribution in [3.63, 3.8) is 0 Å². The average Bonchev–Trinajstić information content (AvgIpc) is 2.29. The van der Waals surface area contributed by atoms with Crippen LogP contribution in [0.3, 0.4) is 0 Å². The van der Waals surface area contributed by atoms with Gasteiger partial charge in [0.15, 0.2) is 0 Å². The van der Waals surface area contributed by atoms with Crippen LogP contribution >= 0.6 is 0 Å². The lowest BCUT2D eigenvalue weighted by Gasteiger charge is -2.07. The largest absolute Gasteiger partial charge is 0.490 e. The van der Waals surface area contributed by atoms with Crippen LogP contribution in [0, 0.1) is 6.92 Å². The van der Waals surface area contributed by atoms with Crippen molar-refractivity contribution in [3.05, 3.63) is 40.7 Å². The van der Waals surface area contributed by atoms with Crippen molar-refractivity contribution >= 4 is 0 Å². The fraction of sp³-hybridized carbons (Fsp3) is 0.182. The molecule has 0 bridgehead atoms. The maximum atomic E-state index is 11.5. The van der Waals surface area contributed by atoms with E-state index in [-0.39, 0.29) is 11.3 Å². The van der Waals surface area contributed by atoms with Gasteiger partial charge in [-0.25, -0.2) is 4.98 Å². The summed E-state index contributed by atoms with van der Waals surface area (Å²) in [5.41, 5.74) is 2.03. The Morgan fingerprint density at radius 2 is 2.25 bits per heavy atom. The number of aromatic nitrogens is 3. The number of hydrogen-bond acceptors (Lipinski definition) is 4. The van der Waals surface area contributed by atoms with Crippen LogP contribution in [0.15, 0.2) is 29.6 Å². The highest BCUT2D eigenvalue weighted by Crippen LogP contribution is 2.25. The van der Waals surface area contributed by atoms with Crippen molar-refractivity contribution in [2.45, 2.75) is 6.92 Å². The van der Waals surface area contributed by atoms with Gasteiger partial charge in [0, 0.05) is 18.0 Å². The van der Waals surface area contributed by atoms with E-state index in [0.717, 1.165) is 11.1 Å². The van der Waals surface area contributed by atoms with Gasteiger partial charge in [-0.2, -0.15) is 0 Å². The van der Waals surface area contributed by atoms with Crippen LogP contribution in [-0.4, -0.2) is 22.1 Å². The minimum absolute atomic E-state index is 0.219. The fourth-order valence-corrected chi connectivity index (χ4v) is 1.51. The molecule has 2 aromatic rings. The number of methoxy groups -OCH3 is 1. The third-order valence-corrected chi connectivity index (χ3v) is 2.29. The van der Waals surface area contributed by atoms with E-state index in [9.17, 15) is 4.79 Å². The van der Waals surface area contributed by atoms with Crippen LogP contribution < -0.4 is 10.3 Å². The molecule has 0 spiro atoms. The standard InChI is InChI=1S/C11H11N3O2/c1-7-5-12-4-3-8(7)9-10(16-2)11(15)14-6-13-9/h3-6H,1-2H3,(H,13,14,15). The lowest BCUT2D eigenvalue weighted by molar-refractivity contribution is 0.408. The van der Waals surface area contributed by atoms with Gasteiger partial charge in [0.25, 0.3) is 5.56 Å². The lowest BCUT2D eigenvalue weighted by atomic mass is 10.1. The SMILES string of the molecule is COc1c(-c2ccncc2C)nc[nH]c1=O. The molecule has 0 aliphatic carbocycles. The highest BCUT2D eigenvalue weighted by Gasteiger charge is 2.12. The molecule has 0 saturated heterocycles. The predicted molar refractivity (Wildman–Crippen MR) is 59.4 cm³/mol. The molecule has 0 aliphatic rings. The first-order chi connectivity index (χ1) is 7.74. The minimum atomic E-state index is -0.288. The molecule has 0 unspecified atom stereocenters. The van der Waals surface area contributed by atoms with Gasteiger partial charge in [-0.3, -0.25) is 9.78 Å².